The highest BCUT2D eigenvalue weighted by Crippen LogP contribution is 1.80. The maximum Gasteiger partial charge on any atom is 0.166 e. The summed E-state index contributed by atoms with van der Waals surface area (Å²) in [4.78, 5) is 3.31. The predicted molar refractivity (Wildman–Crippen MR) is 90.6 cm³/mol. The molecule has 0 aromatic carbocycles. The zero-order valence-electron chi connectivity index (χ0n) is 13.6. The molecule has 2 aliphatic heterocycles. The topological polar surface area (TPSA) is 51.4 Å². The molecule has 0 amide bonds. The minimum Gasteiger partial charge on any atom is -0.370 e. The van der Waals surface area contributed by atoms with E-state index in [0.29, 0.717) is 0 Å². The molecule has 2 heterocycles. The standard InChI is InChI=1S/C15H30N4O2S/c22-15(16-3-1-5-18-7-11-20-12-8-18)17-4-2-6-19-9-13-21-14-10-19/h1-14H2,(H2,16,17,22)/p+2. The van der Waals surface area contributed by atoms with Gasteiger partial charge in [0.05, 0.1) is 39.5 Å². The minimum absolute atomic E-state index is 0.800. The van der Waals surface area contributed by atoms with Crippen LogP contribution in [0.1, 0.15) is 12.8 Å². The van der Waals surface area contributed by atoms with Gasteiger partial charge >= 0.3 is 0 Å². The van der Waals surface area contributed by atoms with E-state index in [-0.39, 0.29) is 0 Å². The van der Waals surface area contributed by atoms with E-state index in [9.17, 15) is 0 Å². The van der Waals surface area contributed by atoms with Gasteiger partial charge in [-0.2, -0.15) is 0 Å². The van der Waals surface area contributed by atoms with Gasteiger partial charge in [-0.3, -0.25) is 0 Å². The molecule has 2 saturated heterocycles. The van der Waals surface area contributed by atoms with Crippen molar-refractivity contribution in [3.63, 3.8) is 0 Å². The lowest BCUT2D eigenvalue weighted by atomic mass is 10.3. The van der Waals surface area contributed by atoms with Crippen LogP contribution in [-0.2, 0) is 9.47 Å². The second-order valence-electron chi connectivity index (χ2n) is 6.11. The van der Waals surface area contributed by atoms with Gasteiger partial charge in [0, 0.05) is 25.9 Å². The number of hydrogen-bond donors (Lipinski definition) is 4. The summed E-state index contributed by atoms with van der Waals surface area (Å²) in [5.41, 5.74) is 0. The van der Waals surface area contributed by atoms with Crippen molar-refractivity contribution in [1.29, 1.82) is 0 Å². The Kier molecular flexibility index (Phi) is 9.04. The van der Waals surface area contributed by atoms with E-state index in [4.69, 9.17) is 21.7 Å². The molecule has 4 N–H and O–H groups in total. The molecule has 0 radical (unpaired) electrons. The van der Waals surface area contributed by atoms with E-state index in [0.717, 1.165) is 83.7 Å². The van der Waals surface area contributed by atoms with Gasteiger partial charge in [0.1, 0.15) is 26.2 Å². The molecule has 0 aliphatic carbocycles. The highest BCUT2D eigenvalue weighted by atomic mass is 32.1. The zero-order chi connectivity index (χ0) is 15.5. The zero-order valence-corrected chi connectivity index (χ0v) is 14.4. The van der Waals surface area contributed by atoms with Gasteiger partial charge in [0.15, 0.2) is 5.11 Å². The Morgan fingerprint density at radius 3 is 1.59 bits per heavy atom. The van der Waals surface area contributed by atoms with Crippen LogP contribution in [0, 0.1) is 0 Å². The van der Waals surface area contributed by atoms with Crippen LogP contribution >= 0.6 is 12.2 Å². The second kappa shape index (κ2) is 11.1. The maximum atomic E-state index is 5.37. The second-order valence-corrected chi connectivity index (χ2v) is 6.52. The molecular weight excluding hydrogens is 300 g/mol. The predicted octanol–water partition coefficient (Wildman–Crippen LogP) is -2.94. The smallest absolute Gasteiger partial charge is 0.166 e. The van der Waals surface area contributed by atoms with Crippen molar-refractivity contribution in [1.82, 2.24) is 10.6 Å². The van der Waals surface area contributed by atoms with Gasteiger partial charge in [-0.25, -0.2) is 0 Å². The van der Waals surface area contributed by atoms with Gasteiger partial charge in [-0.15, -0.1) is 0 Å². The van der Waals surface area contributed by atoms with Crippen LogP contribution in [0.15, 0.2) is 0 Å². The normalized spacial score (nSPS) is 20.7. The summed E-state index contributed by atoms with van der Waals surface area (Å²) in [5, 5.41) is 7.42. The number of ether oxygens (including phenoxy) is 2. The summed E-state index contributed by atoms with van der Waals surface area (Å²) in [7, 11) is 0. The van der Waals surface area contributed by atoms with E-state index < -0.39 is 0 Å². The number of rotatable bonds is 8. The molecule has 0 bridgehead atoms. The summed E-state index contributed by atoms with van der Waals surface area (Å²) in [5.74, 6) is 0. The van der Waals surface area contributed by atoms with Gasteiger partial charge in [0.2, 0.25) is 0 Å². The molecule has 0 unspecified atom stereocenters. The molecule has 0 atom stereocenters. The fourth-order valence-corrected chi connectivity index (χ4v) is 3.17. The fraction of sp³-hybridized carbons (Fsp3) is 0.933. The highest BCUT2D eigenvalue weighted by Gasteiger charge is 2.13. The van der Waals surface area contributed by atoms with Gasteiger partial charge < -0.3 is 29.9 Å². The summed E-state index contributed by atoms with van der Waals surface area (Å²) < 4.78 is 10.7. The molecule has 0 aromatic heterocycles. The maximum absolute atomic E-state index is 5.37. The Morgan fingerprint density at radius 2 is 1.18 bits per heavy atom. The van der Waals surface area contributed by atoms with Crippen molar-refractivity contribution in [2.45, 2.75) is 12.8 Å². The van der Waals surface area contributed by atoms with Crippen molar-refractivity contribution in [2.75, 3.05) is 78.8 Å². The van der Waals surface area contributed by atoms with Crippen LogP contribution in [0.3, 0.4) is 0 Å². The summed E-state index contributed by atoms with van der Waals surface area (Å²) in [6.07, 6.45) is 2.32. The number of morpholine rings is 2. The van der Waals surface area contributed by atoms with Gasteiger partial charge in [-0.1, -0.05) is 0 Å². The van der Waals surface area contributed by atoms with Crippen molar-refractivity contribution in [3.05, 3.63) is 0 Å². The monoisotopic (exact) mass is 332 g/mol. The van der Waals surface area contributed by atoms with E-state index >= 15 is 0 Å². The SMILES string of the molecule is S=C(NCCC[NH+]1CCOCC1)NCCC[NH+]1CCOCC1. The lowest BCUT2D eigenvalue weighted by molar-refractivity contribution is -0.908. The number of thiocarbonyl (C=S) groups is 1. The third-order valence-corrected chi connectivity index (χ3v) is 4.67. The Labute approximate surface area is 139 Å². The van der Waals surface area contributed by atoms with Crippen LogP contribution < -0.4 is 20.4 Å². The van der Waals surface area contributed by atoms with Crippen molar-refractivity contribution >= 4 is 17.3 Å². The first-order valence-corrected chi connectivity index (χ1v) is 9.10. The molecule has 0 spiro atoms. The quantitative estimate of drug-likeness (QED) is 0.283. The lowest BCUT2D eigenvalue weighted by Crippen LogP contribution is -3.14. The highest BCUT2D eigenvalue weighted by molar-refractivity contribution is 7.80. The van der Waals surface area contributed by atoms with E-state index in [1.165, 1.54) is 13.1 Å². The molecule has 6 nitrogen and oxygen atoms in total. The van der Waals surface area contributed by atoms with Crippen LogP contribution in [0.4, 0.5) is 0 Å². The largest absolute Gasteiger partial charge is 0.370 e. The van der Waals surface area contributed by atoms with Crippen molar-refractivity contribution in [3.8, 4) is 0 Å². The van der Waals surface area contributed by atoms with Crippen molar-refractivity contribution in [2.24, 2.45) is 0 Å². The first-order valence-electron chi connectivity index (χ1n) is 8.69. The molecule has 128 valence electrons. The average molecular weight is 333 g/mol. The summed E-state index contributed by atoms with van der Waals surface area (Å²) >= 11 is 5.32. The number of nitrogens with one attached hydrogen (secondary N) is 4. The minimum atomic E-state index is 0.800. The van der Waals surface area contributed by atoms with Crippen LogP contribution in [0.25, 0.3) is 0 Å². The Bertz CT molecular complexity index is 280. The van der Waals surface area contributed by atoms with Crippen LogP contribution in [-0.4, -0.2) is 83.9 Å². The fourth-order valence-electron chi connectivity index (χ4n) is 2.96. The third-order valence-electron chi connectivity index (χ3n) is 4.39. The molecule has 7 heteroatoms. The Hall–Kier alpha value is -0.470. The van der Waals surface area contributed by atoms with Gasteiger partial charge in [0.25, 0.3) is 0 Å². The third kappa shape index (κ3) is 7.69. The van der Waals surface area contributed by atoms with Crippen molar-refractivity contribution < 1.29 is 19.3 Å². The van der Waals surface area contributed by atoms with E-state index in [1.807, 2.05) is 0 Å². The van der Waals surface area contributed by atoms with E-state index in [2.05, 4.69) is 10.6 Å². The molecule has 0 aromatic rings. The van der Waals surface area contributed by atoms with Gasteiger partial charge in [-0.05, 0) is 12.2 Å². The average Bonchev–Trinajstić information content (AvgIpc) is 2.57. The molecule has 2 aliphatic rings. The molecule has 22 heavy (non-hydrogen) atoms. The van der Waals surface area contributed by atoms with Crippen LogP contribution in [0.2, 0.25) is 0 Å². The molecule has 2 fully saturated rings. The number of hydrogen-bond acceptors (Lipinski definition) is 3. The first-order chi connectivity index (χ1) is 10.8. The summed E-state index contributed by atoms with van der Waals surface area (Å²) in [6.45, 7) is 12.6. The Balaban J connectivity index is 1.39. The first kappa shape index (κ1) is 17.9. The Morgan fingerprint density at radius 1 is 0.773 bits per heavy atom. The molecule has 2 rings (SSSR count). The lowest BCUT2D eigenvalue weighted by Gasteiger charge is -2.24. The van der Waals surface area contributed by atoms with Crippen LogP contribution in [0.5, 0.6) is 0 Å². The number of quaternary nitrogens is 2. The molecular formula is C15H32N4O2S+2. The van der Waals surface area contributed by atoms with E-state index in [1.54, 1.807) is 9.80 Å². The molecule has 0 saturated carbocycles. The summed E-state index contributed by atoms with van der Waals surface area (Å²) in [6, 6.07) is 0.